The molecule has 0 unspecified atom stereocenters. The van der Waals surface area contributed by atoms with Crippen LogP contribution in [0.4, 0.5) is 0 Å². The van der Waals surface area contributed by atoms with Crippen molar-refractivity contribution in [2.24, 2.45) is 0 Å². The molecule has 3 nitrogen and oxygen atoms in total. The largest absolute Gasteiger partial charge is 0.314 e. The Morgan fingerprint density at radius 2 is 2.05 bits per heavy atom. The summed E-state index contributed by atoms with van der Waals surface area (Å²) in [5, 5.41) is 12.4. The van der Waals surface area contributed by atoms with Crippen molar-refractivity contribution in [2.45, 2.75) is 18.9 Å². The highest BCUT2D eigenvalue weighted by Crippen LogP contribution is 2.26. The Kier molecular flexibility index (Phi) is 10.1. The average molecular weight is 328 g/mol. The molecule has 1 aromatic rings. The molecule has 5 heteroatoms. The van der Waals surface area contributed by atoms with Gasteiger partial charge in [0.1, 0.15) is 0 Å². The minimum atomic E-state index is 0. The van der Waals surface area contributed by atoms with Gasteiger partial charge in [-0.3, -0.25) is 4.90 Å². The van der Waals surface area contributed by atoms with E-state index in [1.165, 1.54) is 5.56 Å². The third-order valence-corrected chi connectivity index (χ3v) is 3.64. The van der Waals surface area contributed by atoms with E-state index in [0.29, 0.717) is 6.04 Å². The summed E-state index contributed by atoms with van der Waals surface area (Å²) in [6.07, 6.45) is 4.05. The Labute approximate surface area is 139 Å². The molecule has 1 saturated heterocycles. The van der Waals surface area contributed by atoms with Gasteiger partial charge in [-0.2, -0.15) is 5.26 Å². The van der Waals surface area contributed by atoms with E-state index in [1.807, 2.05) is 24.3 Å². The van der Waals surface area contributed by atoms with Crippen molar-refractivity contribution < 1.29 is 0 Å². The normalized spacial score (nSPS) is 16.0. The molecular formula is C16H23Cl2N3. The molecule has 0 bridgehead atoms. The summed E-state index contributed by atoms with van der Waals surface area (Å²) in [7, 11) is 0. The SMILES string of the molecule is C=CCC[C@@H](c1cccc(C#N)c1)N1CCNCC1.Cl.Cl. The summed E-state index contributed by atoms with van der Waals surface area (Å²) < 4.78 is 0. The van der Waals surface area contributed by atoms with Gasteiger partial charge in [0.25, 0.3) is 0 Å². The molecule has 2 rings (SSSR count). The number of rotatable bonds is 5. The zero-order valence-corrected chi connectivity index (χ0v) is 13.8. The van der Waals surface area contributed by atoms with Crippen molar-refractivity contribution in [1.82, 2.24) is 10.2 Å². The summed E-state index contributed by atoms with van der Waals surface area (Å²) in [4.78, 5) is 2.51. The molecule has 0 amide bonds. The van der Waals surface area contributed by atoms with Gasteiger partial charge in [0.2, 0.25) is 0 Å². The first-order valence-electron chi connectivity index (χ1n) is 6.91. The van der Waals surface area contributed by atoms with E-state index in [-0.39, 0.29) is 24.8 Å². The van der Waals surface area contributed by atoms with E-state index in [0.717, 1.165) is 44.6 Å². The van der Waals surface area contributed by atoms with Crippen molar-refractivity contribution in [3.05, 3.63) is 48.0 Å². The van der Waals surface area contributed by atoms with Crippen LogP contribution < -0.4 is 5.32 Å². The molecule has 0 radical (unpaired) electrons. The highest BCUT2D eigenvalue weighted by atomic mass is 35.5. The first-order valence-corrected chi connectivity index (χ1v) is 6.91. The number of hydrogen-bond donors (Lipinski definition) is 1. The molecule has 1 aliphatic rings. The maximum absolute atomic E-state index is 9.04. The van der Waals surface area contributed by atoms with E-state index in [1.54, 1.807) is 0 Å². The molecular weight excluding hydrogens is 305 g/mol. The van der Waals surface area contributed by atoms with Gasteiger partial charge in [0.15, 0.2) is 0 Å². The zero-order chi connectivity index (χ0) is 13.5. The minimum Gasteiger partial charge on any atom is -0.314 e. The average Bonchev–Trinajstić information content (AvgIpc) is 2.49. The van der Waals surface area contributed by atoms with E-state index >= 15 is 0 Å². The van der Waals surface area contributed by atoms with Gasteiger partial charge >= 0.3 is 0 Å². The third-order valence-electron chi connectivity index (χ3n) is 3.64. The number of halogens is 2. The number of allylic oxidation sites excluding steroid dienone is 1. The van der Waals surface area contributed by atoms with Gasteiger partial charge < -0.3 is 5.32 Å². The predicted octanol–water partition coefficient (Wildman–Crippen LogP) is 3.31. The Hall–Kier alpha value is -1.05. The van der Waals surface area contributed by atoms with Crippen molar-refractivity contribution in [1.29, 1.82) is 5.26 Å². The molecule has 0 spiro atoms. The number of benzene rings is 1. The standard InChI is InChI=1S/C16H21N3.2ClH/c1-2-3-7-16(19-10-8-18-9-11-19)15-6-4-5-14(12-15)13-17;;/h2,4-6,12,16,18H,1,3,7-11H2;2*1H/t16-;;/m0../s1. The van der Waals surface area contributed by atoms with Gasteiger partial charge in [-0.15, -0.1) is 31.4 Å². The van der Waals surface area contributed by atoms with Crippen LogP contribution >= 0.6 is 24.8 Å². The Balaban J connectivity index is 0.00000200. The molecule has 1 aromatic carbocycles. The summed E-state index contributed by atoms with van der Waals surface area (Å²) >= 11 is 0. The lowest BCUT2D eigenvalue weighted by Crippen LogP contribution is -2.45. The van der Waals surface area contributed by atoms with Crippen molar-refractivity contribution in [2.75, 3.05) is 26.2 Å². The van der Waals surface area contributed by atoms with E-state index in [9.17, 15) is 0 Å². The van der Waals surface area contributed by atoms with Gasteiger partial charge in [0, 0.05) is 32.2 Å². The molecule has 116 valence electrons. The number of nitriles is 1. The lowest BCUT2D eigenvalue weighted by Gasteiger charge is -2.35. The molecule has 1 fully saturated rings. The second-order valence-electron chi connectivity index (χ2n) is 4.91. The fourth-order valence-electron chi connectivity index (χ4n) is 2.65. The van der Waals surface area contributed by atoms with Crippen LogP contribution in [0.15, 0.2) is 36.9 Å². The van der Waals surface area contributed by atoms with E-state index in [4.69, 9.17) is 5.26 Å². The first-order chi connectivity index (χ1) is 9.35. The summed E-state index contributed by atoms with van der Waals surface area (Å²) in [6, 6.07) is 10.6. The summed E-state index contributed by atoms with van der Waals surface area (Å²) in [5.74, 6) is 0. The third kappa shape index (κ3) is 5.68. The van der Waals surface area contributed by atoms with Crippen molar-refractivity contribution in [3.8, 4) is 6.07 Å². The molecule has 1 atom stereocenters. The van der Waals surface area contributed by atoms with Crippen molar-refractivity contribution >= 4 is 24.8 Å². The molecule has 1 N–H and O–H groups in total. The number of nitrogens with one attached hydrogen (secondary N) is 1. The van der Waals surface area contributed by atoms with Crippen LogP contribution in [0.25, 0.3) is 0 Å². The van der Waals surface area contributed by atoms with Crippen LogP contribution in [0.1, 0.15) is 30.0 Å². The molecule has 0 aliphatic carbocycles. The first kappa shape index (κ1) is 19.9. The Bertz CT molecular complexity index is 465. The maximum Gasteiger partial charge on any atom is 0.0991 e. The fourth-order valence-corrected chi connectivity index (χ4v) is 2.65. The molecule has 0 saturated carbocycles. The van der Waals surface area contributed by atoms with Crippen LogP contribution in [-0.2, 0) is 0 Å². The van der Waals surface area contributed by atoms with Crippen LogP contribution in [0.5, 0.6) is 0 Å². The fraction of sp³-hybridized carbons (Fsp3) is 0.438. The summed E-state index contributed by atoms with van der Waals surface area (Å²) in [6.45, 7) is 8.05. The smallest absolute Gasteiger partial charge is 0.0991 e. The van der Waals surface area contributed by atoms with Gasteiger partial charge in [-0.05, 0) is 30.5 Å². The summed E-state index contributed by atoms with van der Waals surface area (Å²) in [5.41, 5.74) is 2.00. The maximum atomic E-state index is 9.04. The molecule has 0 aromatic heterocycles. The highest BCUT2D eigenvalue weighted by molar-refractivity contribution is 5.85. The van der Waals surface area contributed by atoms with Crippen LogP contribution in [0, 0.1) is 11.3 Å². The monoisotopic (exact) mass is 327 g/mol. The molecule has 21 heavy (non-hydrogen) atoms. The topological polar surface area (TPSA) is 39.1 Å². The van der Waals surface area contributed by atoms with Crippen molar-refractivity contribution in [3.63, 3.8) is 0 Å². The van der Waals surface area contributed by atoms with E-state index < -0.39 is 0 Å². The number of nitrogens with zero attached hydrogens (tertiary/aromatic N) is 2. The number of piperazine rings is 1. The molecule has 1 aliphatic heterocycles. The van der Waals surface area contributed by atoms with Crippen LogP contribution in [-0.4, -0.2) is 31.1 Å². The van der Waals surface area contributed by atoms with Gasteiger partial charge in [-0.1, -0.05) is 18.2 Å². The Morgan fingerprint density at radius 3 is 2.67 bits per heavy atom. The highest BCUT2D eigenvalue weighted by Gasteiger charge is 2.21. The molecule has 1 heterocycles. The zero-order valence-electron chi connectivity index (χ0n) is 12.1. The minimum absolute atomic E-state index is 0. The van der Waals surface area contributed by atoms with Gasteiger partial charge in [-0.25, -0.2) is 0 Å². The lowest BCUT2D eigenvalue weighted by atomic mass is 9.98. The van der Waals surface area contributed by atoms with Crippen LogP contribution in [0.3, 0.4) is 0 Å². The number of hydrogen-bond acceptors (Lipinski definition) is 3. The van der Waals surface area contributed by atoms with Crippen LogP contribution in [0.2, 0.25) is 0 Å². The Morgan fingerprint density at radius 1 is 1.33 bits per heavy atom. The van der Waals surface area contributed by atoms with E-state index in [2.05, 4.69) is 28.9 Å². The lowest BCUT2D eigenvalue weighted by molar-refractivity contribution is 0.166. The predicted molar refractivity (Wildman–Crippen MR) is 92.3 cm³/mol. The second-order valence-corrected chi connectivity index (χ2v) is 4.91. The quantitative estimate of drug-likeness (QED) is 0.843. The second kappa shape index (κ2) is 10.6. The van der Waals surface area contributed by atoms with Gasteiger partial charge in [0.05, 0.1) is 11.6 Å².